The Hall–Kier alpha value is -0.490. The monoisotopic (exact) mass is 316 g/mol. The molecule has 0 aliphatic heterocycles. The summed E-state index contributed by atoms with van der Waals surface area (Å²) < 4.78 is 4.99. The van der Waals surface area contributed by atoms with Gasteiger partial charge in [-0.05, 0) is 37.5 Å². The predicted octanol–water partition coefficient (Wildman–Crippen LogP) is 3.43. The molecule has 0 amide bonds. The Labute approximate surface area is 101 Å². The molecule has 0 saturated carbocycles. The highest BCUT2D eigenvalue weighted by molar-refractivity contribution is 14.1. The Balaban J connectivity index is 2.51. The van der Waals surface area contributed by atoms with Crippen LogP contribution in [0.3, 0.4) is 0 Å². The maximum atomic E-state index is 4.36. The lowest BCUT2D eigenvalue weighted by Crippen LogP contribution is -1.82. The molecule has 4 heteroatoms. The lowest BCUT2D eigenvalue weighted by atomic mass is 10.1. The lowest BCUT2D eigenvalue weighted by Gasteiger charge is -2.00. The summed E-state index contributed by atoms with van der Waals surface area (Å²) in [7, 11) is 0. The van der Waals surface area contributed by atoms with Gasteiger partial charge in [0.2, 0.25) is 3.83 Å². The summed E-state index contributed by atoms with van der Waals surface area (Å²) >= 11 is 3.58. The van der Waals surface area contributed by atoms with Crippen molar-refractivity contribution in [1.82, 2.24) is 9.36 Å². The van der Waals surface area contributed by atoms with Crippen LogP contribution in [0, 0.1) is 17.7 Å². The van der Waals surface area contributed by atoms with Crippen molar-refractivity contribution in [2.24, 2.45) is 0 Å². The predicted molar refractivity (Wildman–Crippen MR) is 67.5 cm³/mol. The molecule has 0 aliphatic carbocycles. The van der Waals surface area contributed by atoms with E-state index in [9.17, 15) is 0 Å². The van der Waals surface area contributed by atoms with E-state index in [-0.39, 0.29) is 0 Å². The van der Waals surface area contributed by atoms with E-state index in [4.69, 9.17) is 0 Å². The van der Waals surface area contributed by atoms with Crippen molar-refractivity contribution in [3.8, 4) is 10.6 Å². The van der Waals surface area contributed by atoms with Gasteiger partial charge in [0.1, 0.15) is 5.01 Å². The van der Waals surface area contributed by atoms with Gasteiger partial charge in [0.15, 0.2) is 0 Å². The zero-order chi connectivity index (χ0) is 10.1. The number of aryl methyl sites for hydroxylation is 2. The minimum atomic E-state index is 0.821. The maximum absolute atomic E-state index is 4.36. The van der Waals surface area contributed by atoms with Crippen molar-refractivity contribution in [1.29, 1.82) is 0 Å². The van der Waals surface area contributed by atoms with Crippen LogP contribution in [-0.4, -0.2) is 9.36 Å². The lowest BCUT2D eigenvalue weighted by molar-refractivity contribution is 1.25. The minimum absolute atomic E-state index is 0.821. The molecule has 0 radical (unpaired) electrons. The Kier molecular flexibility index (Phi) is 2.83. The van der Waals surface area contributed by atoms with E-state index in [1.165, 1.54) is 28.2 Å². The molecule has 0 N–H and O–H groups in total. The van der Waals surface area contributed by atoms with Crippen molar-refractivity contribution in [2.45, 2.75) is 13.8 Å². The second-order valence-electron chi connectivity index (χ2n) is 3.24. The van der Waals surface area contributed by atoms with Gasteiger partial charge in [-0.3, -0.25) is 0 Å². The van der Waals surface area contributed by atoms with Crippen LogP contribution in [-0.2, 0) is 0 Å². The second-order valence-corrected chi connectivity index (χ2v) is 4.96. The third-order valence-corrected chi connectivity index (χ3v) is 3.44. The van der Waals surface area contributed by atoms with Crippen LogP contribution in [0.2, 0.25) is 0 Å². The Morgan fingerprint density at radius 2 is 1.79 bits per heavy atom. The molecular weight excluding hydrogens is 307 g/mol. The van der Waals surface area contributed by atoms with E-state index >= 15 is 0 Å². The van der Waals surface area contributed by atoms with Gasteiger partial charge in [0.05, 0.1) is 0 Å². The zero-order valence-electron chi connectivity index (χ0n) is 7.91. The molecule has 0 bridgehead atoms. The normalized spacial score (nSPS) is 10.5. The SMILES string of the molecule is Cc1cc(C)cc(-c2nc(I)ns2)c1. The fourth-order valence-electron chi connectivity index (χ4n) is 1.42. The average molecular weight is 316 g/mol. The molecule has 0 saturated heterocycles. The number of hydrogen-bond donors (Lipinski definition) is 0. The van der Waals surface area contributed by atoms with E-state index in [1.807, 2.05) is 0 Å². The van der Waals surface area contributed by atoms with Crippen LogP contribution in [0.5, 0.6) is 0 Å². The number of nitrogens with zero attached hydrogens (tertiary/aromatic N) is 2. The highest BCUT2D eigenvalue weighted by Gasteiger charge is 2.05. The fourth-order valence-corrected chi connectivity index (χ4v) is 2.67. The van der Waals surface area contributed by atoms with Crippen LogP contribution in [0.1, 0.15) is 11.1 Å². The number of aromatic nitrogens is 2. The molecule has 2 aromatic rings. The number of hydrogen-bond acceptors (Lipinski definition) is 3. The first-order valence-electron chi connectivity index (χ1n) is 4.23. The highest BCUT2D eigenvalue weighted by Crippen LogP contribution is 2.24. The summed E-state index contributed by atoms with van der Waals surface area (Å²) in [5.74, 6) is 0. The van der Waals surface area contributed by atoms with Crippen molar-refractivity contribution >= 4 is 34.1 Å². The number of rotatable bonds is 1. The molecule has 0 fully saturated rings. The van der Waals surface area contributed by atoms with E-state index in [0.29, 0.717) is 0 Å². The summed E-state index contributed by atoms with van der Waals surface area (Å²) in [5.41, 5.74) is 3.71. The van der Waals surface area contributed by atoms with Crippen LogP contribution >= 0.6 is 34.1 Å². The van der Waals surface area contributed by atoms with Crippen molar-refractivity contribution in [3.05, 3.63) is 33.2 Å². The highest BCUT2D eigenvalue weighted by atomic mass is 127. The molecule has 2 rings (SSSR count). The number of benzene rings is 1. The third-order valence-electron chi connectivity index (χ3n) is 1.87. The average Bonchev–Trinajstić information content (AvgIpc) is 2.50. The van der Waals surface area contributed by atoms with Gasteiger partial charge in [-0.25, -0.2) is 4.98 Å². The Morgan fingerprint density at radius 1 is 1.14 bits per heavy atom. The molecule has 1 aromatic heterocycles. The van der Waals surface area contributed by atoms with Crippen molar-refractivity contribution in [2.75, 3.05) is 0 Å². The first-order chi connectivity index (χ1) is 6.65. The molecule has 1 aromatic carbocycles. The van der Waals surface area contributed by atoms with Gasteiger partial charge < -0.3 is 0 Å². The van der Waals surface area contributed by atoms with Gasteiger partial charge in [-0.2, -0.15) is 4.37 Å². The molecule has 14 heavy (non-hydrogen) atoms. The standard InChI is InChI=1S/C10H9IN2S/c1-6-3-7(2)5-8(4-6)9-12-10(11)13-14-9/h3-5H,1-2H3. The van der Waals surface area contributed by atoms with Crippen molar-refractivity contribution < 1.29 is 0 Å². The van der Waals surface area contributed by atoms with E-state index in [2.05, 4.69) is 64.0 Å². The number of halogens is 1. The molecule has 0 atom stereocenters. The molecule has 72 valence electrons. The molecule has 1 heterocycles. The maximum Gasteiger partial charge on any atom is 0.203 e. The third kappa shape index (κ3) is 2.12. The van der Waals surface area contributed by atoms with Crippen LogP contribution in [0.15, 0.2) is 18.2 Å². The smallest absolute Gasteiger partial charge is 0.203 e. The van der Waals surface area contributed by atoms with Crippen LogP contribution in [0.4, 0.5) is 0 Å². The quantitative estimate of drug-likeness (QED) is 0.753. The molecule has 0 unspecified atom stereocenters. The second kappa shape index (κ2) is 3.94. The van der Waals surface area contributed by atoms with Gasteiger partial charge in [-0.1, -0.05) is 17.2 Å². The fraction of sp³-hybridized carbons (Fsp3) is 0.200. The minimum Gasteiger partial charge on any atom is -0.210 e. The van der Waals surface area contributed by atoms with Crippen LogP contribution < -0.4 is 0 Å². The first kappa shape index (κ1) is 10.0. The van der Waals surface area contributed by atoms with Gasteiger partial charge in [0, 0.05) is 28.2 Å². The van der Waals surface area contributed by atoms with Gasteiger partial charge in [-0.15, -0.1) is 0 Å². The van der Waals surface area contributed by atoms with Crippen molar-refractivity contribution in [3.63, 3.8) is 0 Å². The Morgan fingerprint density at radius 3 is 2.29 bits per heavy atom. The molecule has 0 aliphatic rings. The van der Waals surface area contributed by atoms with E-state index in [1.54, 1.807) is 0 Å². The van der Waals surface area contributed by atoms with Gasteiger partial charge in [0.25, 0.3) is 0 Å². The zero-order valence-corrected chi connectivity index (χ0v) is 10.9. The molecule has 2 nitrogen and oxygen atoms in total. The van der Waals surface area contributed by atoms with E-state index < -0.39 is 0 Å². The Bertz CT molecular complexity index is 445. The summed E-state index contributed by atoms with van der Waals surface area (Å²) in [6, 6.07) is 6.45. The largest absolute Gasteiger partial charge is 0.210 e. The first-order valence-corrected chi connectivity index (χ1v) is 6.08. The summed E-state index contributed by atoms with van der Waals surface area (Å²) in [6.07, 6.45) is 0. The van der Waals surface area contributed by atoms with Crippen LogP contribution in [0.25, 0.3) is 10.6 Å². The summed E-state index contributed by atoms with van der Waals surface area (Å²) in [6.45, 7) is 4.20. The molecular formula is C10H9IN2S. The van der Waals surface area contributed by atoms with E-state index in [0.717, 1.165) is 8.84 Å². The summed E-state index contributed by atoms with van der Waals surface area (Å²) in [4.78, 5) is 4.36. The van der Waals surface area contributed by atoms with Gasteiger partial charge >= 0.3 is 0 Å². The topological polar surface area (TPSA) is 25.8 Å². The summed E-state index contributed by atoms with van der Waals surface area (Å²) in [5, 5.41) is 1.00. The molecule has 0 spiro atoms.